The van der Waals surface area contributed by atoms with Crippen molar-refractivity contribution in [3.8, 4) is 11.6 Å². The van der Waals surface area contributed by atoms with Crippen LogP contribution in [0.5, 0.6) is 11.6 Å². The molecule has 2 aromatic rings. The lowest BCUT2D eigenvalue weighted by atomic mass is 10.2. The molecule has 2 rings (SSSR count). The average molecular weight is 247 g/mol. The second-order valence-electron chi connectivity index (χ2n) is 3.53. The normalized spacial score (nSPS) is 10.1. The fraction of sp³-hybridized carbons (Fsp3) is 0. The molecule has 0 saturated carbocycles. The van der Waals surface area contributed by atoms with Gasteiger partial charge in [-0.3, -0.25) is 4.79 Å². The number of hydrogen-bond donors (Lipinski definition) is 2. The molecule has 0 bridgehead atoms. The van der Waals surface area contributed by atoms with Gasteiger partial charge in [-0.05, 0) is 12.1 Å². The van der Waals surface area contributed by atoms with E-state index in [1.54, 1.807) is 6.07 Å². The van der Waals surface area contributed by atoms with E-state index in [0.717, 1.165) is 0 Å². The Morgan fingerprint density at radius 1 is 1.33 bits per heavy atom. The van der Waals surface area contributed by atoms with Crippen LogP contribution in [0.1, 0.15) is 10.4 Å². The molecule has 18 heavy (non-hydrogen) atoms. The number of primary amides is 1. The number of rotatable bonds is 3. The van der Waals surface area contributed by atoms with Crippen LogP contribution in [-0.4, -0.2) is 10.9 Å². The number of hydrogen-bond acceptors (Lipinski definition) is 4. The summed E-state index contributed by atoms with van der Waals surface area (Å²) in [6.45, 7) is 0. The Morgan fingerprint density at radius 3 is 2.78 bits per heavy atom. The number of aromatic nitrogens is 1. The molecule has 1 amide bonds. The summed E-state index contributed by atoms with van der Waals surface area (Å²) in [7, 11) is 0. The first-order chi connectivity index (χ1) is 8.56. The second-order valence-corrected chi connectivity index (χ2v) is 3.53. The lowest BCUT2D eigenvalue weighted by Crippen LogP contribution is -2.13. The fourth-order valence-electron chi connectivity index (χ4n) is 1.37. The van der Waals surface area contributed by atoms with Gasteiger partial charge in [-0.1, -0.05) is 6.07 Å². The van der Waals surface area contributed by atoms with Crippen LogP contribution in [0.4, 0.5) is 10.1 Å². The van der Waals surface area contributed by atoms with Gasteiger partial charge in [0.2, 0.25) is 5.88 Å². The molecule has 0 unspecified atom stereocenters. The number of carbonyl (C=O) groups is 1. The fourth-order valence-corrected chi connectivity index (χ4v) is 1.37. The number of halogens is 1. The number of nitrogens with zero attached hydrogens (tertiary/aromatic N) is 1. The van der Waals surface area contributed by atoms with Crippen molar-refractivity contribution in [3.05, 3.63) is 47.9 Å². The minimum Gasteiger partial charge on any atom is -0.439 e. The number of pyridine rings is 1. The molecule has 0 fully saturated rings. The summed E-state index contributed by atoms with van der Waals surface area (Å²) < 4.78 is 18.2. The SMILES string of the molecule is NC(=O)c1cc(Oc2cccc(F)c2)ncc1N. The third-order valence-corrected chi connectivity index (χ3v) is 2.19. The zero-order valence-corrected chi connectivity index (χ0v) is 9.26. The molecule has 0 atom stereocenters. The molecule has 92 valence electrons. The third kappa shape index (κ3) is 2.54. The number of benzene rings is 1. The number of amides is 1. The summed E-state index contributed by atoms with van der Waals surface area (Å²) in [6.07, 6.45) is 1.26. The molecule has 0 aliphatic heterocycles. The standard InChI is InChI=1S/C12H10FN3O2/c13-7-2-1-3-8(4-7)18-11-5-9(12(15)17)10(14)6-16-11/h1-6H,14H2,(H2,15,17). The van der Waals surface area contributed by atoms with E-state index in [9.17, 15) is 9.18 Å². The average Bonchev–Trinajstić information content (AvgIpc) is 2.31. The maximum Gasteiger partial charge on any atom is 0.251 e. The van der Waals surface area contributed by atoms with E-state index in [4.69, 9.17) is 16.2 Å². The Hall–Kier alpha value is -2.63. The maximum atomic E-state index is 12.9. The molecular weight excluding hydrogens is 237 g/mol. The van der Waals surface area contributed by atoms with Crippen molar-refractivity contribution in [3.63, 3.8) is 0 Å². The van der Waals surface area contributed by atoms with Crippen LogP contribution >= 0.6 is 0 Å². The van der Waals surface area contributed by atoms with Crippen LogP contribution in [0, 0.1) is 5.82 Å². The van der Waals surface area contributed by atoms with Crippen LogP contribution < -0.4 is 16.2 Å². The zero-order chi connectivity index (χ0) is 13.1. The van der Waals surface area contributed by atoms with Crippen LogP contribution in [0.25, 0.3) is 0 Å². The van der Waals surface area contributed by atoms with E-state index in [1.807, 2.05) is 0 Å². The van der Waals surface area contributed by atoms with E-state index >= 15 is 0 Å². The Kier molecular flexibility index (Phi) is 3.09. The summed E-state index contributed by atoms with van der Waals surface area (Å²) in [5, 5.41) is 0. The highest BCUT2D eigenvalue weighted by Crippen LogP contribution is 2.22. The van der Waals surface area contributed by atoms with Crippen LogP contribution in [0.3, 0.4) is 0 Å². The molecule has 1 heterocycles. The van der Waals surface area contributed by atoms with Gasteiger partial charge in [-0.25, -0.2) is 9.37 Å². The summed E-state index contributed by atoms with van der Waals surface area (Å²) in [6, 6.07) is 6.85. The van der Waals surface area contributed by atoms with Gasteiger partial charge in [-0.2, -0.15) is 0 Å². The van der Waals surface area contributed by atoms with Crippen molar-refractivity contribution in [2.75, 3.05) is 5.73 Å². The number of anilines is 1. The molecular formula is C12H10FN3O2. The number of ether oxygens (including phenoxy) is 1. The highest BCUT2D eigenvalue weighted by Gasteiger charge is 2.09. The van der Waals surface area contributed by atoms with Crippen molar-refractivity contribution >= 4 is 11.6 Å². The van der Waals surface area contributed by atoms with E-state index in [-0.39, 0.29) is 22.9 Å². The Balaban J connectivity index is 2.30. The molecule has 5 nitrogen and oxygen atoms in total. The third-order valence-electron chi connectivity index (χ3n) is 2.19. The summed E-state index contributed by atoms with van der Waals surface area (Å²) in [5.74, 6) is -0.733. The molecule has 0 saturated heterocycles. The zero-order valence-electron chi connectivity index (χ0n) is 9.26. The summed E-state index contributed by atoms with van der Waals surface area (Å²) >= 11 is 0. The van der Waals surface area contributed by atoms with Crippen molar-refractivity contribution in [1.82, 2.24) is 4.98 Å². The Labute approximate surface area is 102 Å². The van der Waals surface area contributed by atoms with Gasteiger partial charge in [0.15, 0.2) is 0 Å². The van der Waals surface area contributed by atoms with Crippen molar-refractivity contribution in [1.29, 1.82) is 0 Å². The quantitative estimate of drug-likeness (QED) is 0.863. The summed E-state index contributed by atoms with van der Waals surface area (Å²) in [5.41, 5.74) is 10.9. The predicted molar refractivity (Wildman–Crippen MR) is 63.6 cm³/mol. The molecule has 1 aromatic carbocycles. The first kappa shape index (κ1) is 11.8. The first-order valence-corrected chi connectivity index (χ1v) is 5.05. The Morgan fingerprint density at radius 2 is 2.11 bits per heavy atom. The molecule has 0 spiro atoms. The second kappa shape index (κ2) is 4.70. The van der Waals surface area contributed by atoms with Crippen LogP contribution in [-0.2, 0) is 0 Å². The molecule has 0 aliphatic carbocycles. The predicted octanol–water partition coefficient (Wildman–Crippen LogP) is 1.69. The van der Waals surface area contributed by atoms with Gasteiger partial charge in [-0.15, -0.1) is 0 Å². The van der Waals surface area contributed by atoms with Crippen molar-refractivity contribution < 1.29 is 13.9 Å². The molecule has 0 aliphatic rings. The van der Waals surface area contributed by atoms with Gasteiger partial charge in [0.05, 0.1) is 17.4 Å². The molecule has 6 heteroatoms. The highest BCUT2D eigenvalue weighted by atomic mass is 19.1. The lowest BCUT2D eigenvalue weighted by Gasteiger charge is -2.07. The molecule has 4 N–H and O–H groups in total. The lowest BCUT2D eigenvalue weighted by molar-refractivity contribution is 0.100. The molecule has 1 aromatic heterocycles. The minimum atomic E-state index is -0.681. The van der Waals surface area contributed by atoms with Gasteiger partial charge < -0.3 is 16.2 Å². The highest BCUT2D eigenvalue weighted by molar-refractivity contribution is 5.98. The van der Waals surface area contributed by atoms with Gasteiger partial charge in [0.1, 0.15) is 11.6 Å². The number of nitrogens with two attached hydrogens (primary N) is 2. The van der Waals surface area contributed by atoms with Gasteiger partial charge in [0.25, 0.3) is 5.91 Å². The van der Waals surface area contributed by atoms with E-state index in [0.29, 0.717) is 0 Å². The maximum absolute atomic E-state index is 12.9. The van der Waals surface area contributed by atoms with E-state index in [1.165, 1.54) is 30.5 Å². The minimum absolute atomic E-state index is 0.108. The molecule has 0 radical (unpaired) electrons. The topological polar surface area (TPSA) is 91.2 Å². The van der Waals surface area contributed by atoms with E-state index < -0.39 is 11.7 Å². The first-order valence-electron chi connectivity index (χ1n) is 5.05. The van der Waals surface area contributed by atoms with Gasteiger partial charge in [0, 0.05) is 12.1 Å². The number of nitrogen functional groups attached to an aromatic ring is 1. The number of carbonyl (C=O) groups excluding carboxylic acids is 1. The largest absolute Gasteiger partial charge is 0.439 e. The monoisotopic (exact) mass is 247 g/mol. The van der Waals surface area contributed by atoms with Gasteiger partial charge >= 0.3 is 0 Å². The Bertz CT molecular complexity index is 602. The van der Waals surface area contributed by atoms with Crippen LogP contribution in [0.2, 0.25) is 0 Å². The smallest absolute Gasteiger partial charge is 0.251 e. The van der Waals surface area contributed by atoms with Crippen molar-refractivity contribution in [2.45, 2.75) is 0 Å². The van der Waals surface area contributed by atoms with Crippen molar-refractivity contribution in [2.24, 2.45) is 5.73 Å². The summed E-state index contributed by atoms with van der Waals surface area (Å²) in [4.78, 5) is 14.9. The van der Waals surface area contributed by atoms with E-state index in [2.05, 4.69) is 4.98 Å². The van der Waals surface area contributed by atoms with Crippen LogP contribution in [0.15, 0.2) is 36.5 Å².